The Morgan fingerprint density at radius 1 is 1.00 bits per heavy atom. The zero-order valence-corrected chi connectivity index (χ0v) is 16.2. The number of benzene rings is 1. The summed E-state index contributed by atoms with van der Waals surface area (Å²) in [7, 11) is 0. The molecule has 7 heteroatoms. The van der Waals surface area contributed by atoms with Crippen molar-refractivity contribution in [1.29, 1.82) is 0 Å². The summed E-state index contributed by atoms with van der Waals surface area (Å²) >= 11 is 1.43. The number of carbonyl (C=O) groups excluding carboxylic acids is 2. The van der Waals surface area contributed by atoms with Crippen molar-refractivity contribution in [3.05, 3.63) is 29.8 Å². The molecule has 2 aliphatic heterocycles. The van der Waals surface area contributed by atoms with Crippen molar-refractivity contribution in [2.45, 2.75) is 37.0 Å². The Hall–Kier alpha value is -2.02. The van der Waals surface area contributed by atoms with Crippen LogP contribution < -0.4 is 0 Å². The molecule has 0 radical (unpaired) electrons. The number of carboxylic acids is 1. The minimum absolute atomic E-state index is 0.0273. The van der Waals surface area contributed by atoms with Crippen LogP contribution in [-0.2, 0) is 9.59 Å². The van der Waals surface area contributed by atoms with Gasteiger partial charge in [-0.15, -0.1) is 11.8 Å². The molecular formula is C20H26N2O4S. The number of aliphatic carboxylic acids is 1. The summed E-state index contributed by atoms with van der Waals surface area (Å²) in [6.07, 6.45) is 3.77. The second kappa shape index (κ2) is 9.26. The zero-order chi connectivity index (χ0) is 19.2. The number of carboxylic acid groups (broad SMARTS) is 1. The number of hydrogen-bond acceptors (Lipinski definition) is 4. The lowest BCUT2D eigenvalue weighted by Gasteiger charge is -2.31. The van der Waals surface area contributed by atoms with Crippen LogP contribution in [0.5, 0.6) is 0 Å². The molecule has 6 nitrogen and oxygen atoms in total. The van der Waals surface area contributed by atoms with Gasteiger partial charge in [-0.05, 0) is 43.7 Å². The summed E-state index contributed by atoms with van der Waals surface area (Å²) in [5.41, 5.74) is 0.633. The van der Waals surface area contributed by atoms with Crippen molar-refractivity contribution in [3.63, 3.8) is 0 Å². The first-order valence-corrected chi connectivity index (χ1v) is 10.5. The monoisotopic (exact) mass is 390 g/mol. The van der Waals surface area contributed by atoms with E-state index in [1.807, 2.05) is 29.2 Å². The van der Waals surface area contributed by atoms with Gasteiger partial charge in [-0.25, -0.2) is 0 Å². The maximum absolute atomic E-state index is 13.0. The topological polar surface area (TPSA) is 77.9 Å². The zero-order valence-electron chi connectivity index (χ0n) is 15.4. The molecule has 0 saturated carbocycles. The quantitative estimate of drug-likeness (QED) is 0.756. The summed E-state index contributed by atoms with van der Waals surface area (Å²) in [6.45, 7) is 2.85. The minimum Gasteiger partial charge on any atom is -0.481 e. The van der Waals surface area contributed by atoms with Gasteiger partial charge >= 0.3 is 5.97 Å². The van der Waals surface area contributed by atoms with Crippen molar-refractivity contribution < 1.29 is 19.5 Å². The summed E-state index contributed by atoms with van der Waals surface area (Å²) in [5.74, 6) is -0.168. The smallest absolute Gasteiger partial charge is 0.303 e. The van der Waals surface area contributed by atoms with Crippen LogP contribution in [0.3, 0.4) is 0 Å². The van der Waals surface area contributed by atoms with Crippen LogP contribution in [0, 0.1) is 5.92 Å². The number of rotatable bonds is 6. The molecule has 2 amide bonds. The van der Waals surface area contributed by atoms with E-state index in [9.17, 15) is 14.4 Å². The van der Waals surface area contributed by atoms with Gasteiger partial charge in [-0.2, -0.15) is 0 Å². The number of thioether (sulfide) groups is 1. The lowest BCUT2D eigenvalue weighted by Crippen LogP contribution is -2.39. The van der Waals surface area contributed by atoms with Gasteiger partial charge in [0.1, 0.15) is 0 Å². The fourth-order valence-corrected chi connectivity index (χ4v) is 4.67. The van der Waals surface area contributed by atoms with Gasteiger partial charge in [0, 0.05) is 37.5 Å². The Labute approximate surface area is 163 Å². The lowest BCUT2D eigenvalue weighted by atomic mass is 9.93. The van der Waals surface area contributed by atoms with E-state index in [0.29, 0.717) is 24.4 Å². The van der Waals surface area contributed by atoms with Gasteiger partial charge in [0.2, 0.25) is 5.91 Å². The number of likely N-dealkylation sites (tertiary alicyclic amines) is 2. The molecule has 0 aromatic heterocycles. The first-order chi connectivity index (χ1) is 13.0. The van der Waals surface area contributed by atoms with E-state index >= 15 is 0 Å². The maximum Gasteiger partial charge on any atom is 0.303 e. The molecule has 1 aromatic carbocycles. The summed E-state index contributed by atoms with van der Waals surface area (Å²) in [6, 6.07) is 7.44. The highest BCUT2D eigenvalue weighted by Gasteiger charge is 2.26. The Morgan fingerprint density at radius 2 is 1.67 bits per heavy atom. The van der Waals surface area contributed by atoms with Crippen molar-refractivity contribution in [2.75, 3.05) is 31.9 Å². The van der Waals surface area contributed by atoms with Crippen molar-refractivity contribution in [1.82, 2.24) is 9.80 Å². The second-order valence-electron chi connectivity index (χ2n) is 7.21. The third-order valence-corrected chi connectivity index (χ3v) is 6.35. The number of nitrogens with zero attached hydrogens (tertiary/aromatic N) is 2. The highest BCUT2D eigenvalue weighted by Crippen LogP contribution is 2.27. The number of carbonyl (C=O) groups is 3. The Kier molecular flexibility index (Phi) is 6.77. The first kappa shape index (κ1) is 19.7. The Balaban J connectivity index is 1.59. The average molecular weight is 391 g/mol. The number of amides is 2. The molecule has 3 rings (SSSR count). The minimum atomic E-state index is -0.774. The highest BCUT2D eigenvalue weighted by molar-refractivity contribution is 8.00. The van der Waals surface area contributed by atoms with E-state index in [2.05, 4.69) is 0 Å². The molecule has 2 heterocycles. The van der Waals surface area contributed by atoms with E-state index in [4.69, 9.17) is 5.11 Å². The summed E-state index contributed by atoms with van der Waals surface area (Å²) in [5, 5.41) is 8.92. The predicted octanol–water partition coefficient (Wildman–Crippen LogP) is 2.73. The average Bonchev–Trinajstić information content (AvgIpc) is 3.21. The van der Waals surface area contributed by atoms with E-state index < -0.39 is 5.97 Å². The molecule has 1 aromatic rings. The molecule has 2 fully saturated rings. The van der Waals surface area contributed by atoms with Crippen molar-refractivity contribution in [3.8, 4) is 0 Å². The second-order valence-corrected chi connectivity index (χ2v) is 8.22. The number of hydrogen-bond donors (Lipinski definition) is 1. The van der Waals surface area contributed by atoms with Gasteiger partial charge in [-0.3, -0.25) is 14.4 Å². The van der Waals surface area contributed by atoms with E-state index in [1.165, 1.54) is 11.8 Å². The third kappa shape index (κ3) is 5.25. The molecular weight excluding hydrogens is 364 g/mol. The van der Waals surface area contributed by atoms with Crippen LogP contribution in [0.4, 0.5) is 0 Å². The van der Waals surface area contributed by atoms with Crippen LogP contribution in [0.15, 0.2) is 29.2 Å². The van der Waals surface area contributed by atoms with Crippen LogP contribution in [0.2, 0.25) is 0 Å². The molecule has 0 aliphatic carbocycles. The van der Waals surface area contributed by atoms with Gasteiger partial charge in [0.15, 0.2) is 0 Å². The van der Waals surface area contributed by atoms with Gasteiger partial charge < -0.3 is 14.9 Å². The fourth-order valence-electron chi connectivity index (χ4n) is 3.72. The van der Waals surface area contributed by atoms with Crippen LogP contribution in [0.1, 0.15) is 42.5 Å². The molecule has 0 atom stereocenters. The molecule has 1 N–H and O–H groups in total. The van der Waals surface area contributed by atoms with Crippen LogP contribution in [-0.4, -0.2) is 64.6 Å². The van der Waals surface area contributed by atoms with E-state index in [-0.39, 0.29) is 24.2 Å². The molecule has 27 heavy (non-hydrogen) atoms. The fraction of sp³-hybridized carbons (Fsp3) is 0.550. The molecule has 2 saturated heterocycles. The highest BCUT2D eigenvalue weighted by atomic mass is 32.2. The SMILES string of the molecule is O=C(O)CC1CCN(C(=O)c2ccccc2SCC(=O)N2CCCC2)CC1. The van der Waals surface area contributed by atoms with Gasteiger partial charge in [0.25, 0.3) is 5.91 Å². The Morgan fingerprint density at radius 3 is 2.33 bits per heavy atom. The molecule has 2 aliphatic rings. The Bertz CT molecular complexity index is 695. The predicted molar refractivity (Wildman–Crippen MR) is 104 cm³/mol. The van der Waals surface area contributed by atoms with Crippen molar-refractivity contribution in [2.24, 2.45) is 5.92 Å². The summed E-state index contributed by atoms with van der Waals surface area (Å²) < 4.78 is 0. The molecule has 0 unspecified atom stereocenters. The molecule has 0 spiro atoms. The van der Waals surface area contributed by atoms with E-state index in [0.717, 1.165) is 43.7 Å². The first-order valence-electron chi connectivity index (χ1n) is 9.55. The van der Waals surface area contributed by atoms with Crippen LogP contribution >= 0.6 is 11.8 Å². The number of piperidine rings is 1. The van der Waals surface area contributed by atoms with Crippen LogP contribution in [0.25, 0.3) is 0 Å². The van der Waals surface area contributed by atoms with Crippen molar-refractivity contribution >= 4 is 29.5 Å². The van der Waals surface area contributed by atoms with E-state index in [1.54, 1.807) is 4.90 Å². The molecule has 0 bridgehead atoms. The van der Waals surface area contributed by atoms with Gasteiger partial charge in [-0.1, -0.05) is 12.1 Å². The third-order valence-electron chi connectivity index (χ3n) is 5.29. The lowest BCUT2D eigenvalue weighted by molar-refractivity contribution is -0.138. The summed E-state index contributed by atoms with van der Waals surface area (Å²) in [4.78, 5) is 40.6. The normalized spacial score (nSPS) is 17.9. The standard InChI is InChI=1S/C20H26N2O4S/c23-18(21-9-3-4-10-21)14-27-17-6-2-1-5-16(17)20(26)22-11-7-15(8-12-22)13-19(24)25/h1-2,5-6,15H,3-4,7-14H2,(H,24,25). The maximum atomic E-state index is 13.0. The molecule has 146 valence electrons. The largest absolute Gasteiger partial charge is 0.481 e. The van der Waals surface area contributed by atoms with Gasteiger partial charge in [0.05, 0.1) is 11.3 Å².